The molecule has 1 aliphatic rings. The Morgan fingerprint density at radius 2 is 2.12 bits per heavy atom. The first kappa shape index (κ1) is 14.4. The lowest BCUT2D eigenvalue weighted by atomic mass is 10.0. The van der Waals surface area contributed by atoms with E-state index < -0.39 is 21.2 Å². The van der Waals surface area contributed by atoms with Gasteiger partial charge in [0.2, 0.25) is 10.0 Å². The van der Waals surface area contributed by atoms with Crippen LogP contribution < -0.4 is 5.73 Å². The van der Waals surface area contributed by atoms with Crippen molar-refractivity contribution in [3.05, 3.63) is 0 Å². The number of nitrogens with zero attached hydrogens (tertiary/aromatic N) is 1. The molecular formula is C10H20N2O4S. The largest absolute Gasteiger partial charge is 0.480 e. The summed E-state index contributed by atoms with van der Waals surface area (Å²) in [5.41, 5.74) is 5.60. The second kappa shape index (κ2) is 5.32. The molecule has 0 saturated heterocycles. The number of aliphatic carboxylic acids is 1. The molecule has 3 atom stereocenters. The van der Waals surface area contributed by atoms with Crippen molar-refractivity contribution >= 4 is 16.0 Å². The van der Waals surface area contributed by atoms with E-state index in [9.17, 15) is 13.2 Å². The van der Waals surface area contributed by atoms with Gasteiger partial charge in [-0.05, 0) is 32.2 Å². The van der Waals surface area contributed by atoms with E-state index in [2.05, 4.69) is 0 Å². The van der Waals surface area contributed by atoms with Crippen LogP contribution in [0.5, 0.6) is 0 Å². The minimum absolute atomic E-state index is 0.135. The molecule has 1 fully saturated rings. The Hall–Kier alpha value is -0.660. The molecule has 0 aliphatic heterocycles. The van der Waals surface area contributed by atoms with Crippen molar-refractivity contribution in [3.8, 4) is 0 Å². The van der Waals surface area contributed by atoms with Crippen LogP contribution in [0.2, 0.25) is 0 Å². The van der Waals surface area contributed by atoms with Crippen LogP contribution in [0.1, 0.15) is 26.2 Å². The summed E-state index contributed by atoms with van der Waals surface area (Å²) >= 11 is 0. The Balaban J connectivity index is 2.88. The molecule has 0 aromatic heterocycles. The maximum absolute atomic E-state index is 12.0. The Morgan fingerprint density at radius 3 is 2.59 bits per heavy atom. The van der Waals surface area contributed by atoms with Crippen molar-refractivity contribution < 1.29 is 18.3 Å². The number of sulfonamides is 1. The highest BCUT2D eigenvalue weighted by Gasteiger charge is 2.39. The van der Waals surface area contributed by atoms with E-state index in [4.69, 9.17) is 10.8 Å². The van der Waals surface area contributed by atoms with Gasteiger partial charge in [0.05, 0.1) is 0 Å². The average molecular weight is 264 g/mol. The first-order valence-electron chi connectivity index (χ1n) is 5.72. The fraction of sp³-hybridized carbons (Fsp3) is 0.900. The number of hydrogen-bond acceptors (Lipinski definition) is 4. The molecule has 0 bridgehead atoms. The van der Waals surface area contributed by atoms with Crippen LogP contribution in [0, 0.1) is 5.92 Å². The van der Waals surface area contributed by atoms with Gasteiger partial charge in [-0.25, -0.2) is 12.7 Å². The lowest BCUT2D eigenvalue weighted by Crippen LogP contribution is -2.46. The molecule has 0 aromatic carbocycles. The van der Waals surface area contributed by atoms with Gasteiger partial charge >= 0.3 is 5.97 Å². The molecule has 0 amide bonds. The van der Waals surface area contributed by atoms with Crippen LogP contribution in [-0.2, 0) is 14.8 Å². The molecule has 100 valence electrons. The fourth-order valence-electron chi connectivity index (χ4n) is 2.34. The summed E-state index contributed by atoms with van der Waals surface area (Å²) in [5, 5.41) is 7.39. The molecular weight excluding hydrogens is 244 g/mol. The molecule has 17 heavy (non-hydrogen) atoms. The molecule has 0 spiro atoms. The average Bonchev–Trinajstić information content (AvgIpc) is 2.74. The highest BCUT2D eigenvalue weighted by Crippen LogP contribution is 2.30. The number of carboxylic acids is 1. The van der Waals surface area contributed by atoms with Gasteiger partial charge in [-0.2, -0.15) is 0 Å². The van der Waals surface area contributed by atoms with Gasteiger partial charge in [0.1, 0.15) is 0 Å². The first-order valence-corrected chi connectivity index (χ1v) is 7.22. The SMILES string of the molecule is CC(C(=O)O)S(=O)(=O)N(C)C1CCCC1CN. The fourth-order valence-corrected chi connectivity index (χ4v) is 3.74. The predicted octanol–water partition coefficient (Wildman–Crippen LogP) is -0.151. The maximum atomic E-state index is 12.0. The predicted molar refractivity (Wildman–Crippen MR) is 64.0 cm³/mol. The van der Waals surface area contributed by atoms with Gasteiger partial charge in [0.25, 0.3) is 0 Å². The van der Waals surface area contributed by atoms with Crippen LogP contribution in [0.3, 0.4) is 0 Å². The second-order valence-corrected chi connectivity index (χ2v) is 6.85. The Labute approximate surface area is 102 Å². The van der Waals surface area contributed by atoms with Gasteiger partial charge < -0.3 is 10.8 Å². The van der Waals surface area contributed by atoms with Crippen molar-refractivity contribution in [2.45, 2.75) is 37.5 Å². The van der Waals surface area contributed by atoms with Gasteiger partial charge in [0.15, 0.2) is 5.25 Å². The molecule has 1 aliphatic carbocycles. The zero-order chi connectivity index (χ0) is 13.2. The van der Waals surface area contributed by atoms with Gasteiger partial charge in [-0.3, -0.25) is 4.79 Å². The van der Waals surface area contributed by atoms with Crippen LogP contribution in [0.25, 0.3) is 0 Å². The summed E-state index contributed by atoms with van der Waals surface area (Å²) < 4.78 is 25.3. The standard InChI is InChI=1S/C10H20N2O4S/c1-7(10(13)14)17(15,16)12(2)9-5-3-4-8(9)6-11/h7-9H,3-6,11H2,1-2H3,(H,13,14). The summed E-state index contributed by atoms with van der Waals surface area (Å²) in [4.78, 5) is 10.8. The zero-order valence-corrected chi connectivity index (χ0v) is 11.0. The van der Waals surface area contributed by atoms with E-state index in [1.54, 1.807) is 0 Å². The van der Waals surface area contributed by atoms with Crippen molar-refractivity contribution in [1.82, 2.24) is 4.31 Å². The van der Waals surface area contributed by atoms with E-state index in [1.807, 2.05) is 0 Å². The molecule has 0 aromatic rings. The van der Waals surface area contributed by atoms with Gasteiger partial charge in [-0.15, -0.1) is 0 Å². The molecule has 1 saturated carbocycles. The molecule has 3 N–H and O–H groups in total. The normalized spacial score (nSPS) is 27.3. The third-order valence-corrected chi connectivity index (χ3v) is 5.75. The van der Waals surface area contributed by atoms with Crippen LogP contribution >= 0.6 is 0 Å². The third-order valence-electron chi connectivity index (χ3n) is 3.58. The smallest absolute Gasteiger partial charge is 0.323 e. The van der Waals surface area contributed by atoms with E-state index in [-0.39, 0.29) is 12.0 Å². The molecule has 1 rings (SSSR count). The molecule has 6 nitrogen and oxygen atoms in total. The van der Waals surface area contributed by atoms with E-state index >= 15 is 0 Å². The summed E-state index contributed by atoms with van der Waals surface area (Å²) in [5.74, 6) is -1.19. The van der Waals surface area contributed by atoms with Crippen LogP contribution in [-0.4, -0.2) is 48.7 Å². The number of rotatable bonds is 5. The lowest BCUT2D eigenvalue weighted by molar-refractivity contribution is -0.136. The minimum atomic E-state index is -3.79. The lowest BCUT2D eigenvalue weighted by Gasteiger charge is -2.29. The van der Waals surface area contributed by atoms with Crippen LogP contribution in [0.15, 0.2) is 0 Å². The number of nitrogens with two attached hydrogens (primary N) is 1. The number of hydrogen-bond donors (Lipinski definition) is 2. The van der Waals surface area contributed by atoms with Gasteiger partial charge in [0, 0.05) is 13.1 Å². The Kier molecular flexibility index (Phi) is 4.51. The summed E-state index contributed by atoms with van der Waals surface area (Å²) in [6, 6.07) is -0.160. The number of carboxylic acid groups (broad SMARTS) is 1. The zero-order valence-electron chi connectivity index (χ0n) is 10.2. The van der Waals surface area contributed by atoms with Crippen molar-refractivity contribution in [2.75, 3.05) is 13.6 Å². The molecule has 3 unspecified atom stereocenters. The molecule has 7 heteroatoms. The second-order valence-electron chi connectivity index (χ2n) is 4.54. The van der Waals surface area contributed by atoms with Gasteiger partial charge in [-0.1, -0.05) is 6.42 Å². The first-order chi connectivity index (χ1) is 7.82. The Bertz CT molecular complexity index is 382. The summed E-state index contributed by atoms with van der Waals surface area (Å²) in [6.45, 7) is 1.63. The van der Waals surface area contributed by atoms with Crippen molar-refractivity contribution in [3.63, 3.8) is 0 Å². The van der Waals surface area contributed by atoms with Crippen molar-refractivity contribution in [1.29, 1.82) is 0 Å². The Morgan fingerprint density at radius 1 is 1.53 bits per heavy atom. The van der Waals surface area contributed by atoms with E-state index in [0.29, 0.717) is 6.54 Å². The molecule has 0 heterocycles. The highest BCUT2D eigenvalue weighted by atomic mass is 32.2. The van der Waals surface area contributed by atoms with Crippen molar-refractivity contribution in [2.24, 2.45) is 11.7 Å². The summed E-state index contributed by atoms with van der Waals surface area (Å²) in [6.07, 6.45) is 2.60. The van der Waals surface area contributed by atoms with E-state index in [1.165, 1.54) is 18.3 Å². The van der Waals surface area contributed by atoms with E-state index in [0.717, 1.165) is 19.3 Å². The quantitative estimate of drug-likeness (QED) is 0.719. The van der Waals surface area contributed by atoms with Crippen LogP contribution in [0.4, 0.5) is 0 Å². The highest BCUT2D eigenvalue weighted by molar-refractivity contribution is 7.90. The number of carbonyl (C=O) groups is 1. The third kappa shape index (κ3) is 2.78. The molecule has 0 radical (unpaired) electrons. The minimum Gasteiger partial charge on any atom is -0.480 e. The topological polar surface area (TPSA) is 101 Å². The maximum Gasteiger partial charge on any atom is 0.323 e. The summed E-state index contributed by atoms with van der Waals surface area (Å²) in [7, 11) is -2.33. The monoisotopic (exact) mass is 264 g/mol.